The zero-order chi connectivity index (χ0) is 10.3. The average Bonchev–Trinajstić information content (AvgIpc) is 3.07. The number of fused-ring (bicyclic) bond motifs is 1. The van der Waals surface area contributed by atoms with E-state index in [1.54, 1.807) is 0 Å². The molecule has 2 heteroatoms. The van der Waals surface area contributed by atoms with Crippen molar-refractivity contribution in [3.63, 3.8) is 0 Å². The third-order valence-corrected chi connectivity index (χ3v) is 3.78. The van der Waals surface area contributed by atoms with E-state index in [0.29, 0.717) is 6.54 Å². The van der Waals surface area contributed by atoms with Crippen LogP contribution in [0.3, 0.4) is 0 Å². The van der Waals surface area contributed by atoms with E-state index in [4.69, 9.17) is 5.73 Å². The molecule has 1 saturated heterocycles. The first-order valence-electron chi connectivity index (χ1n) is 5.95. The lowest BCUT2D eigenvalue weighted by atomic mass is 10.1. The first-order chi connectivity index (χ1) is 7.40. The van der Waals surface area contributed by atoms with Gasteiger partial charge in [0.1, 0.15) is 0 Å². The minimum absolute atomic E-state index is 0.657. The summed E-state index contributed by atoms with van der Waals surface area (Å²) in [5, 5.41) is 0. The molecule has 2 nitrogen and oxygen atoms in total. The third kappa shape index (κ3) is 1.53. The molecule has 0 spiro atoms. The molecule has 0 amide bonds. The molecule has 1 saturated carbocycles. The molecule has 1 aliphatic carbocycles. The zero-order valence-corrected chi connectivity index (χ0v) is 9.02. The van der Waals surface area contributed by atoms with E-state index < -0.39 is 0 Å². The number of anilines is 1. The Morgan fingerprint density at radius 2 is 2.20 bits per heavy atom. The van der Waals surface area contributed by atoms with Gasteiger partial charge in [0.25, 0.3) is 0 Å². The van der Waals surface area contributed by atoms with Crippen LogP contribution in [0.2, 0.25) is 0 Å². The van der Waals surface area contributed by atoms with Gasteiger partial charge >= 0.3 is 0 Å². The Labute approximate surface area is 91.1 Å². The third-order valence-electron chi connectivity index (χ3n) is 3.78. The highest BCUT2D eigenvalue weighted by molar-refractivity contribution is 5.56. The molecule has 1 aliphatic heterocycles. The summed E-state index contributed by atoms with van der Waals surface area (Å²) >= 11 is 0. The van der Waals surface area contributed by atoms with Gasteiger partial charge in [-0.3, -0.25) is 0 Å². The number of para-hydroxylation sites is 1. The summed E-state index contributed by atoms with van der Waals surface area (Å²) in [6.45, 7) is 1.88. The number of rotatable bonds is 2. The van der Waals surface area contributed by atoms with Crippen molar-refractivity contribution < 1.29 is 0 Å². The van der Waals surface area contributed by atoms with Gasteiger partial charge in [-0.25, -0.2) is 0 Å². The van der Waals surface area contributed by atoms with Crippen molar-refractivity contribution in [3.8, 4) is 0 Å². The molecule has 2 atom stereocenters. The van der Waals surface area contributed by atoms with Crippen LogP contribution in [0, 0.1) is 5.92 Å². The Bertz CT molecular complexity index is 361. The summed E-state index contributed by atoms with van der Waals surface area (Å²) < 4.78 is 0. The maximum absolute atomic E-state index is 5.79. The topological polar surface area (TPSA) is 29.3 Å². The van der Waals surface area contributed by atoms with Gasteiger partial charge in [0.2, 0.25) is 0 Å². The van der Waals surface area contributed by atoms with Gasteiger partial charge in [0.05, 0.1) is 0 Å². The molecule has 1 heterocycles. The molecule has 0 aromatic heterocycles. The van der Waals surface area contributed by atoms with Crippen LogP contribution < -0.4 is 10.6 Å². The second-order valence-electron chi connectivity index (χ2n) is 4.73. The van der Waals surface area contributed by atoms with Crippen LogP contribution in [0.25, 0.3) is 0 Å². The number of nitrogens with two attached hydrogens (primary N) is 1. The van der Waals surface area contributed by atoms with Gasteiger partial charge < -0.3 is 10.6 Å². The van der Waals surface area contributed by atoms with Gasteiger partial charge in [-0.05, 0) is 36.8 Å². The molecule has 1 aromatic carbocycles. The lowest BCUT2D eigenvalue weighted by molar-refractivity contribution is 0.558. The van der Waals surface area contributed by atoms with E-state index in [1.165, 1.54) is 37.1 Å². The van der Waals surface area contributed by atoms with Crippen LogP contribution in [-0.4, -0.2) is 12.6 Å². The van der Waals surface area contributed by atoms with Gasteiger partial charge in [-0.1, -0.05) is 18.2 Å². The lowest BCUT2D eigenvalue weighted by Gasteiger charge is -2.30. The van der Waals surface area contributed by atoms with E-state index in [1.807, 2.05) is 0 Å². The first-order valence-corrected chi connectivity index (χ1v) is 5.95. The molecule has 0 bridgehead atoms. The highest BCUT2D eigenvalue weighted by Crippen LogP contribution is 2.45. The second-order valence-corrected chi connectivity index (χ2v) is 4.73. The Kier molecular flexibility index (Phi) is 2.17. The molecule has 0 radical (unpaired) electrons. The summed E-state index contributed by atoms with van der Waals surface area (Å²) in [5.74, 6) is 0.976. The number of hydrogen-bond donors (Lipinski definition) is 1. The van der Waals surface area contributed by atoms with Crippen LogP contribution in [0.4, 0.5) is 5.69 Å². The van der Waals surface area contributed by atoms with E-state index in [9.17, 15) is 0 Å². The Morgan fingerprint density at radius 1 is 1.33 bits per heavy atom. The molecule has 2 aliphatic rings. The van der Waals surface area contributed by atoms with Crippen LogP contribution >= 0.6 is 0 Å². The Balaban J connectivity index is 1.91. The van der Waals surface area contributed by atoms with Crippen molar-refractivity contribution in [3.05, 3.63) is 29.8 Å². The SMILES string of the molecule is NCc1ccccc1N1CCCC2CC21. The number of piperidine rings is 1. The molecule has 80 valence electrons. The van der Waals surface area contributed by atoms with Crippen LogP contribution in [-0.2, 0) is 6.54 Å². The summed E-state index contributed by atoms with van der Waals surface area (Å²) in [6.07, 6.45) is 4.19. The van der Waals surface area contributed by atoms with Gasteiger partial charge in [-0.15, -0.1) is 0 Å². The molecule has 2 N–H and O–H groups in total. The number of benzene rings is 1. The van der Waals surface area contributed by atoms with E-state index in [2.05, 4.69) is 29.2 Å². The van der Waals surface area contributed by atoms with E-state index >= 15 is 0 Å². The maximum Gasteiger partial charge on any atom is 0.0414 e. The van der Waals surface area contributed by atoms with Crippen molar-refractivity contribution in [2.24, 2.45) is 11.7 Å². The molecular formula is C13H18N2. The summed E-state index contributed by atoms with van der Waals surface area (Å²) in [5.41, 5.74) is 8.47. The van der Waals surface area contributed by atoms with Gasteiger partial charge in [-0.2, -0.15) is 0 Å². The second kappa shape index (κ2) is 3.53. The summed E-state index contributed by atoms with van der Waals surface area (Å²) in [6, 6.07) is 9.41. The standard InChI is InChI=1S/C13H18N2/c14-9-11-4-1-2-6-12(11)15-7-3-5-10-8-13(10)15/h1-2,4,6,10,13H,3,5,7-9,14H2. The quantitative estimate of drug-likeness (QED) is 0.796. The fraction of sp³-hybridized carbons (Fsp3) is 0.538. The Hall–Kier alpha value is -1.02. The average molecular weight is 202 g/mol. The zero-order valence-electron chi connectivity index (χ0n) is 9.02. The fourth-order valence-electron chi connectivity index (χ4n) is 2.88. The monoisotopic (exact) mass is 202 g/mol. The molecule has 3 rings (SSSR count). The van der Waals surface area contributed by atoms with Crippen molar-refractivity contribution >= 4 is 5.69 Å². The normalized spacial score (nSPS) is 28.7. The Morgan fingerprint density at radius 3 is 3.07 bits per heavy atom. The summed E-state index contributed by atoms with van der Waals surface area (Å²) in [4.78, 5) is 2.58. The highest BCUT2D eigenvalue weighted by Gasteiger charge is 2.44. The van der Waals surface area contributed by atoms with Crippen molar-refractivity contribution in [1.29, 1.82) is 0 Å². The molecular weight excluding hydrogens is 184 g/mol. The largest absolute Gasteiger partial charge is 0.368 e. The highest BCUT2D eigenvalue weighted by atomic mass is 15.2. The molecule has 15 heavy (non-hydrogen) atoms. The van der Waals surface area contributed by atoms with Crippen molar-refractivity contribution in [2.75, 3.05) is 11.4 Å². The predicted molar refractivity (Wildman–Crippen MR) is 62.8 cm³/mol. The molecule has 2 fully saturated rings. The van der Waals surface area contributed by atoms with E-state index in [-0.39, 0.29) is 0 Å². The van der Waals surface area contributed by atoms with Crippen molar-refractivity contribution in [2.45, 2.75) is 31.8 Å². The number of nitrogens with zero attached hydrogens (tertiary/aromatic N) is 1. The minimum atomic E-state index is 0.657. The van der Waals surface area contributed by atoms with Crippen LogP contribution in [0.1, 0.15) is 24.8 Å². The van der Waals surface area contributed by atoms with E-state index in [0.717, 1.165) is 12.0 Å². The van der Waals surface area contributed by atoms with Crippen LogP contribution in [0.5, 0.6) is 0 Å². The predicted octanol–water partition coefficient (Wildman–Crippen LogP) is 2.13. The minimum Gasteiger partial charge on any atom is -0.368 e. The summed E-state index contributed by atoms with van der Waals surface area (Å²) in [7, 11) is 0. The maximum atomic E-state index is 5.79. The smallest absolute Gasteiger partial charge is 0.0414 e. The van der Waals surface area contributed by atoms with Crippen LogP contribution in [0.15, 0.2) is 24.3 Å². The van der Waals surface area contributed by atoms with Gasteiger partial charge in [0.15, 0.2) is 0 Å². The molecule has 2 unspecified atom stereocenters. The van der Waals surface area contributed by atoms with Crippen molar-refractivity contribution in [1.82, 2.24) is 0 Å². The van der Waals surface area contributed by atoms with Gasteiger partial charge in [0, 0.05) is 24.8 Å². The fourth-order valence-corrected chi connectivity index (χ4v) is 2.88. The number of hydrogen-bond acceptors (Lipinski definition) is 2. The lowest BCUT2D eigenvalue weighted by Crippen LogP contribution is -2.32. The molecule has 1 aromatic rings. The first kappa shape index (κ1) is 9.22.